The van der Waals surface area contributed by atoms with E-state index in [2.05, 4.69) is 91.7 Å². The van der Waals surface area contributed by atoms with E-state index in [1.165, 1.54) is 0 Å². The zero-order valence-electron chi connectivity index (χ0n) is 29.0. The average Bonchev–Trinajstić information content (AvgIpc) is 2.57. The summed E-state index contributed by atoms with van der Waals surface area (Å²) in [6, 6.07) is 0.945. The van der Waals surface area contributed by atoms with Crippen molar-refractivity contribution in [2.45, 2.75) is 130 Å². The molecule has 0 aliphatic heterocycles. The minimum atomic E-state index is -2.63. The summed E-state index contributed by atoms with van der Waals surface area (Å²) in [6.07, 6.45) is 0.929. The molecule has 242 valence electrons. The Morgan fingerprint density at radius 3 is 1.05 bits per heavy atom. The van der Waals surface area contributed by atoms with Crippen molar-refractivity contribution in [2.24, 2.45) is 5.73 Å². The predicted molar refractivity (Wildman–Crippen MR) is 187 cm³/mol. The molecule has 0 atom stereocenters. The van der Waals surface area contributed by atoms with Gasteiger partial charge < -0.3 is 34.5 Å². The molecule has 0 radical (unpaired) electrons. The third-order valence-electron chi connectivity index (χ3n) is 4.92. The summed E-state index contributed by atoms with van der Waals surface area (Å²) < 4.78 is 57.7. The molecule has 0 aliphatic rings. The van der Waals surface area contributed by atoms with E-state index in [0.29, 0.717) is 6.54 Å². The van der Waals surface area contributed by atoms with Crippen LogP contribution in [0, 0.1) is 0 Å². The van der Waals surface area contributed by atoms with Crippen molar-refractivity contribution < 1.29 is 38.0 Å². The fourth-order valence-corrected chi connectivity index (χ4v) is 44.3. The largest absolute Gasteiger partial charge is 0.440 e. The Bertz CT molecular complexity index is 783. The molecule has 0 aromatic heterocycles. The molecule has 0 saturated heterocycles. The maximum Gasteiger partial charge on any atom is 0.358 e. The van der Waals surface area contributed by atoms with Crippen LogP contribution in [0.15, 0.2) is 0 Å². The molecule has 0 saturated carbocycles. The Morgan fingerprint density at radius 2 is 0.750 bits per heavy atom. The fourth-order valence-electron chi connectivity index (χ4n) is 5.05. The van der Waals surface area contributed by atoms with Crippen molar-refractivity contribution in [2.75, 3.05) is 6.54 Å². The van der Waals surface area contributed by atoms with Crippen LogP contribution in [0.25, 0.3) is 0 Å². The number of hydrogen-bond donors (Lipinski definition) is 1. The summed E-state index contributed by atoms with van der Waals surface area (Å²) in [5.74, 6) is 0. The first-order valence-corrected chi connectivity index (χ1v) is 40.0. The third-order valence-corrected chi connectivity index (χ3v) is 35.4. The minimum Gasteiger partial charge on any atom is -0.440 e. The van der Waals surface area contributed by atoms with Gasteiger partial charge in [0.1, 0.15) is 0 Å². The maximum atomic E-state index is 6.68. The van der Waals surface area contributed by atoms with Gasteiger partial charge in [-0.3, -0.25) is 9.15 Å². The molecular formula is C21H63NO9Si9. The van der Waals surface area contributed by atoms with Crippen LogP contribution in [0.4, 0.5) is 0 Å². The Balaban J connectivity index is 5.27. The standard InChI is InChI=1S/C21H63NO9Si9/c1-32(2)25-35(7,8)27-37(11,12)29-39(15,16)31-40(17,18)30-38(13,14)28-36(9,10)26-34(5,6)24-23-33(3,4)21-19-20-22/h32H,19-22H2,1-18H3. The van der Waals surface area contributed by atoms with E-state index in [1.54, 1.807) is 0 Å². The Kier molecular flexibility index (Phi) is 15.8. The second kappa shape index (κ2) is 15.2. The van der Waals surface area contributed by atoms with E-state index in [1.807, 2.05) is 26.2 Å². The monoisotopic (exact) mass is 725 g/mol. The highest BCUT2D eigenvalue weighted by atomic mass is 28.5. The van der Waals surface area contributed by atoms with Crippen LogP contribution >= 0.6 is 0 Å². The van der Waals surface area contributed by atoms with Gasteiger partial charge in [-0.25, -0.2) is 0 Å². The lowest BCUT2D eigenvalue weighted by Crippen LogP contribution is -2.61. The molecule has 0 unspecified atom stereocenters. The fraction of sp³-hybridized carbons (Fsp3) is 1.00. The molecule has 0 bridgehead atoms. The molecule has 0 aromatic carbocycles. The maximum absolute atomic E-state index is 6.68. The van der Waals surface area contributed by atoms with Gasteiger partial charge in [0.05, 0.1) is 0 Å². The molecule has 40 heavy (non-hydrogen) atoms. The van der Waals surface area contributed by atoms with Crippen molar-refractivity contribution in [3.05, 3.63) is 0 Å². The highest BCUT2D eigenvalue weighted by molar-refractivity contribution is 6.91. The lowest BCUT2D eigenvalue weighted by atomic mass is 10.5. The smallest absolute Gasteiger partial charge is 0.358 e. The summed E-state index contributed by atoms with van der Waals surface area (Å²) in [5.41, 5.74) is 5.67. The highest BCUT2D eigenvalue weighted by Gasteiger charge is 2.49. The van der Waals surface area contributed by atoms with Crippen LogP contribution in [0.5, 0.6) is 0 Å². The topological polar surface area (TPSA) is 109 Å². The van der Waals surface area contributed by atoms with E-state index in [4.69, 9.17) is 43.7 Å². The quantitative estimate of drug-likeness (QED) is 0.0849. The molecular weight excluding hydrogens is 663 g/mol. The zero-order chi connectivity index (χ0) is 32.1. The van der Waals surface area contributed by atoms with Crippen molar-refractivity contribution in [3.63, 3.8) is 0 Å². The SMILES string of the molecule is C[SiH](C)O[Si](C)(C)O[Si](C)(C)O[Si](C)(C)O[Si](C)(C)O[Si](C)(C)O[Si](C)(C)O[Si](C)(C)OO[Si](C)(C)CCCN. The van der Waals surface area contributed by atoms with Gasteiger partial charge in [-0.1, -0.05) is 0 Å². The second-order valence-corrected chi connectivity index (χ2v) is 46.3. The zero-order valence-corrected chi connectivity index (χ0v) is 38.1. The van der Waals surface area contributed by atoms with E-state index in [-0.39, 0.29) is 0 Å². The summed E-state index contributed by atoms with van der Waals surface area (Å²) in [4.78, 5) is 0. The normalized spacial score (nSPS) is 15.3. The Hall–Kier alpha value is 1.55. The molecule has 0 rings (SSSR count). The molecule has 0 fully saturated rings. The van der Waals surface area contributed by atoms with Crippen LogP contribution in [-0.4, -0.2) is 83.8 Å². The predicted octanol–water partition coefficient (Wildman–Crippen LogP) is 6.50. The molecule has 0 heterocycles. The van der Waals surface area contributed by atoms with E-state index >= 15 is 0 Å². The van der Waals surface area contributed by atoms with Crippen LogP contribution in [0.3, 0.4) is 0 Å². The average molecular weight is 727 g/mol. The van der Waals surface area contributed by atoms with Crippen molar-refractivity contribution in [3.8, 4) is 0 Å². The molecule has 0 aromatic rings. The first-order valence-electron chi connectivity index (χ1n) is 14.4. The third kappa shape index (κ3) is 19.8. The summed E-state index contributed by atoms with van der Waals surface area (Å²) in [5, 5.41) is 0. The van der Waals surface area contributed by atoms with Crippen molar-refractivity contribution in [1.82, 2.24) is 0 Å². The van der Waals surface area contributed by atoms with E-state index in [9.17, 15) is 0 Å². The molecule has 0 spiro atoms. The van der Waals surface area contributed by atoms with Crippen molar-refractivity contribution >= 4 is 77.3 Å². The number of hydrogen-bond acceptors (Lipinski definition) is 10. The van der Waals surface area contributed by atoms with Crippen LogP contribution < -0.4 is 5.73 Å². The van der Waals surface area contributed by atoms with Gasteiger partial charge in [0.25, 0.3) is 0 Å². The Morgan fingerprint density at radius 1 is 0.450 bits per heavy atom. The van der Waals surface area contributed by atoms with Crippen LogP contribution in [-0.2, 0) is 38.0 Å². The van der Waals surface area contributed by atoms with Gasteiger partial charge >= 0.3 is 59.9 Å². The summed E-state index contributed by atoms with van der Waals surface area (Å²) in [6.45, 7) is 38.0. The van der Waals surface area contributed by atoms with Gasteiger partial charge in [0.2, 0.25) is 8.32 Å². The molecule has 0 amide bonds. The van der Waals surface area contributed by atoms with Gasteiger partial charge in [0, 0.05) is 0 Å². The van der Waals surface area contributed by atoms with Gasteiger partial charge in [-0.15, -0.1) is 0 Å². The van der Waals surface area contributed by atoms with Gasteiger partial charge in [0.15, 0.2) is 9.04 Å². The van der Waals surface area contributed by atoms with Gasteiger partial charge in [-0.2, -0.15) is 0 Å². The Labute approximate surface area is 256 Å². The number of rotatable bonds is 20. The second-order valence-electron chi connectivity index (χ2n) is 14.4. The molecule has 10 nitrogen and oxygen atoms in total. The number of nitrogens with two attached hydrogens (primary N) is 1. The van der Waals surface area contributed by atoms with E-state index in [0.717, 1.165) is 12.5 Å². The lowest BCUT2D eigenvalue weighted by Gasteiger charge is -2.43. The van der Waals surface area contributed by atoms with Crippen molar-refractivity contribution in [1.29, 1.82) is 0 Å². The summed E-state index contributed by atoms with van der Waals surface area (Å²) >= 11 is 0. The highest BCUT2D eigenvalue weighted by Crippen LogP contribution is 2.29. The first-order chi connectivity index (χ1) is 17.4. The van der Waals surface area contributed by atoms with Crippen LogP contribution in [0.1, 0.15) is 6.42 Å². The first kappa shape index (κ1) is 41.6. The molecule has 2 N–H and O–H groups in total. The minimum absolute atomic E-state index is 0.654. The molecule has 19 heteroatoms. The van der Waals surface area contributed by atoms with Crippen LogP contribution in [0.2, 0.25) is 124 Å². The lowest BCUT2D eigenvalue weighted by molar-refractivity contribution is -0.139. The molecule has 0 aliphatic carbocycles. The summed E-state index contributed by atoms with van der Waals surface area (Å²) in [7, 11) is -21.0. The van der Waals surface area contributed by atoms with Gasteiger partial charge in [-0.05, 0) is 137 Å². The van der Waals surface area contributed by atoms with E-state index < -0.39 is 77.3 Å².